The zero-order valence-electron chi connectivity index (χ0n) is 20.0. The van der Waals surface area contributed by atoms with E-state index in [1.54, 1.807) is 13.2 Å². The van der Waals surface area contributed by atoms with Gasteiger partial charge in [0.15, 0.2) is 5.11 Å². The third-order valence-corrected chi connectivity index (χ3v) is 6.33. The van der Waals surface area contributed by atoms with Gasteiger partial charge in [-0.1, -0.05) is 31.2 Å². The number of ether oxygens (including phenoxy) is 1. The average molecular weight is 491 g/mol. The standard InChI is InChI=1S/C27H30N4O3S/c1-3-6-25(32)31-15-13-30(14-16-31)22-11-9-21(10-12-22)28-27(35)29-26(33)23-17-19-7-4-5-8-20(19)18-24(23)34-2/h4-5,7-12,17-18H,3,6,13-16H2,1-2H3,(H2,28,29,33,35). The van der Waals surface area contributed by atoms with Crippen LogP contribution in [-0.2, 0) is 4.79 Å². The summed E-state index contributed by atoms with van der Waals surface area (Å²) in [6.07, 6.45) is 1.50. The molecule has 0 radical (unpaired) electrons. The van der Waals surface area contributed by atoms with Crippen LogP contribution in [0.15, 0.2) is 60.7 Å². The molecule has 0 aromatic heterocycles. The first-order chi connectivity index (χ1) is 17.0. The van der Waals surface area contributed by atoms with Gasteiger partial charge in [0.25, 0.3) is 5.91 Å². The van der Waals surface area contributed by atoms with Crippen LogP contribution in [0.4, 0.5) is 11.4 Å². The third kappa shape index (κ3) is 5.89. The second-order valence-corrected chi connectivity index (χ2v) is 8.88. The fraction of sp³-hybridized carbons (Fsp3) is 0.296. The molecule has 8 heteroatoms. The van der Waals surface area contributed by atoms with Crippen molar-refractivity contribution in [3.63, 3.8) is 0 Å². The van der Waals surface area contributed by atoms with Gasteiger partial charge < -0.3 is 19.9 Å². The number of nitrogens with one attached hydrogen (secondary N) is 2. The number of nitrogens with zero attached hydrogens (tertiary/aromatic N) is 2. The molecule has 35 heavy (non-hydrogen) atoms. The van der Waals surface area contributed by atoms with E-state index >= 15 is 0 Å². The van der Waals surface area contributed by atoms with Crippen molar-refractivity contribution in [3.8, 4) is 5.75 Å². The number of thiocarbonyl (C=S) groups is 1. The number of amides is 2. The van der Waals surface area contributed by atoms with E-state index in [0.29, 0.717) is 17.7 Å². The van der Waals surface area contributed by atoms with Crippen molar-refractivity contribution in [3.05, 3.63) is 66.2 Å². The summed E-state index contributed by atoms with van der Waals surface area (Å²) in [5.41, 5.74) is 2.29. The predicted molar refractivity (Wildman–Crippen MR) is 144 cm³/mol. The molecule has 3 aromatic rings. The Morgan fingerprint density at radius 2 is 1.63 bits per heavy atom. The molecule has 1 fully saturated rings. The number of carbonyl (C=O) groups excluding carboxylic acids is 2. The van der Waals surface area contributed by atoms with Crippen molar-refractivity contribution in [1.82, 2.24) is 10.2 Å². The van der Waals surface area contributed by atoms with Crippen molar-refractivity contribution < 1.29 is 14.3 Å². The molecule has 3 aromatic carbocycles. The molecule has 182 valence electrons. The van der Waals surface area contributed by atoms with Gasteiger partial charge in [-0.3, -0.25) is 14.9 Å². The molecule has 1 saturated heterocycles. The zero-order valence-corrected chi connectivity index (χ0v) is 20.9. The number of hydrogen-bond acceptors (Lipinski definition) is 5. The highest BCUT2D eigenvalue weighted by atomic mass is 32.1. The van der Waals surface area contributed by atoms with Gasteiger partial charge in [-0.05, 0) is 65.8 Å². The van der Waals surface area contributed by atoms with Gasteiger partial charge in [-0.15, -0.1) is 0 Å². The second-order valence-electron chi connectivity index (χ2n) is 8.47. The molecular weight excluding hydrogens is 460 g/mol. The van der Waals surface area contributed by atoms with Crippen LogP contribution in [0.2, 0.25) is 0 Å². The van der Waals surface area contributed by atoms with E-state index in [1.807, 2.05) is 66.4 Å². The topological polar surface area (TPSA) is 73.9 Å². The normalized spacial score (nSPS) is 13.4. The van der Waals surface area contributed by atoms with Crippen LogP contribution in [-0.4, -0.2) is 55.1 Å². The highest BCUT2D eigenvalue weighted by Gasteiger charge is 2.20. The van der Waals surface area contributed by atoms with Crippen LogP contribution in [0.25, 0.3) is 10.8 Å². The van der Waals surface area contributed by atoms with Crippen molar-refractivity contribution in [2.75, 3.05) is 43.5 Å². The van der Waals surface area contributed by atoms with Crippen molar-refractivity contribution in [1.29, 1.82) is 0 Å². The van der Waals surface area contributed by atoms with Crippen LogP contribution in [0.3, 0.4) is 0 Å². The van der Waals surface area contributed by atoms with Gasteiger partial charge in [-0.2, -0.15) is 0 Å². The summed E-state index contributed by atoms with van der Waals surface area (Å²) in [6.45, 7) is 5.14. The van der Waals surface area contributed by atoms with Gasteiger partial charge in [0.05, 0.1) is 12.7 Å². The highest BCUT2D eigenvalue weighted by molar-refractivity contribution is 7.80. The number of methoxy groups -OCH3 is 1. The Balaban J connectivity index is 1.34. The van der Waals surface area contributed by atoms with Crippen LogP contribution >= 0.6 is 12.2 Å². The minimum atomic E-state index is -0.336. The summed E-state index contributed by atoms with van der Waals surface area (Å²) in [5, 5.41) is 7.96. The van der Waals surface area contributed by atoms with Crippen molar-refractivity contribution in [2.45, 2.75) is 19.8 Å². The minimum Gasteiger partial charge on any atom is -0.496 e. The largest absolute Gasteiger partial charge is 0.496 e. The fourth-order valence-corrected chi connectivity index (χ4v) is 4.45. The molecule has 1 aliphatic heterocycles. The van der Waals surface area contributed by atoms with Gasteiger partial charge in [0, 0.05) is 44.0 Å². The predicted octanol–water partition coefficient (Wildman–Crippen LogP) is 4.42. The van der Waals surface area contributed by atoms with E-state index in [9.17, 15) is 9.59 Å². The Labute approximate surface area is 211 Å². The molecule has 2 amide bonds. The number of piperazine rings is 1. The lowest BCUT2D eigenvalue weighted by molar-refractivity contribution is -0.131. The molecular formula is C27H30N4O3S. The number of fused-ring (bicyclic) bond motifs is 1. The second kappa shape index (κ2) is 11.2. The molecule has 0 atom stereocenters. The molecule has 0 unspecified atom stereocenters. The maximum atomic E-state index is 12.9. The monoisotopic (exact) mass is 490 g/mol. The molecule has 4 rings (SSSR count). The van der Waals surface area contributed by atoms with Crippen LogP contribution < -0.4 is 20.3 Å². The quantitative estimate of drug-likeness (QED) is 0.498. The number of hydrogen-bond donors (Lipinski definition) is 2. The van der Waals surface area contributed by atoms with Crippen LogP contribution in [0, 0.1) is 0 Å². The Morgan fingerprint density at radius 3 is 2.26 bits per heavy atom. The lowest BCUT2D eigenvalue weighted by Gasteiger charge is -2.36. The SMILES string of the molecule is CCCC(=O)N1CCN(c2ccc(NC(=S)NC(=O)c3cc4ccccc4cc3OC)cc2)CC1. The summed E-state index contributed by atoms with van der Waals surface area (Å²) in [7, 11) is 1.54. The first-order valence-electron chi connectivity index (χ1n) is 11.8. The van der Waals surface area contributed by atoms with E-state index in [1.165, 1.54) is 0 Å². The van der Waals surface area contributed by atoms with Crippen molar-refractivity contribution in [2.24, 2.45) is 0 Å². The van der Waals surface area contributed by atoms with Crippen LogP contribution in [0.1, 0.15) is 30.1 Å². The Bertz CT molecular complexity index is 1220. The van der Waals surface area contributed by atoms with Gasteiger partial charge in [0.2, 0.25) is 5.91 Å². The number of rotatable bonds is 6. The lowest BCUT2D eigenvalue weighted by atomic mass is 10.1. The Kier molecular flexibility index (Phi) is 7.82. The van der Waals surface area contributed by atoms with E-state index in [0.717, 1.165) is 54.7 Å². The number of carbonyl (C=O) groups is 2. The van der Waals surface area contributed by atoms with Gasteiger partial charge in [-0.25, -0.2) is 0 Å². The van der Waals surface area contributed by atoms with E-state index in [-0.39, 0.29) is 16.9 Å². The van der Waals surface area contributed by atoms with E-state index in [2.05, 4.69) is 15.5 Å². The first-order valence-corrected chi connectivity index (χ1v) is 12.2. The third-order valence-electron chi connectivity index (χ3n) is 6.13. The molecule has 0 aliphatic carbocycles. The smallest absolute Gasteiger partial charge is 0.261 e. The molecule has 1 heterocycles. The zero-order chi connectivity index (χ0) is 24.8. The number of benzene rings is 3. The lowest BCUT2D eigenvalue weighted by Crippen LogP contribution is -2.48. The summed E-state index contributed by atoms with van der Waals surface area (Å²) >= 11 is 5.37. The average Bonchev–Trinajstić information content (AvgIpc) is 2.88. The maximum absolute atomic E-state index is 12.9. The summed E-state index contributed by atoms with van der Waals surface area (Å²) in [5.74, 6) is 0.394. The maximum Gasteiger partial charge on any atom is 0.261 e. The highest BCUT2D eigenvalue weighted by Crippen LogP contribution is 2.26. The number of anilines is 2. The Hall–Kier alpha value is -3.65. The summed E-state index contributed by atoms with van der Waals surface area (Å²) in [6, 6.07) is 19.3. The molecule has 0 saturated carbocycles. The first kappa shape index (κ1) is 24.5. The fourth-order valence-electron chi connectivity index (χ4n) is 4.24. The van der Waals surface area contributed by atoms with Crippen LogP contribution in [0.5, 0.6) is 5.75 Å². The minimum absolute atomic E-state index is 0.209. The van der Waals surface area contributed by atoms with E-state index < -0.39 is 0 Å². The van der Waals surface area contributed by atoms with Crippen molar-refractivity contribution >= 4 is 51.3 Å². The molecule has 7 nitrogen and oxygen atoms in total. The van der Waals surface area contributed by atoms with Gasteiger partial charge in [0.1, 0.15) is 5.75 Å². The molecule has 0 spiro atoms. The molecule has 1 aliphatic rings. The Morgan fingerprint density at radius 1 is 0.971 bits per heavy atom. The summed E-state index contributed by atoms with van der Waals surface area (Å²) < 4.78 is 5.43. The molecule has 2 N–H and O–H groups in total. The van der Waals surface area contributed by atoms with E-state index in [4.69, 9.17) is 17.0 Å². The van der Waals surface area contributed by atoms with Gasteiger partial charge >= 0.3 is 0 Å². The summed E-state index contributed by atoms with van der Waals surface area (Å²) in [4.78, 5) is 29.2. The molecule has 0 bridgehead atoms.